The van der Waals surface area contributed by atoms with E-state index in [1.54, 1.807) is 17.0 Å². The summed E-state index contributed by atoms with van der Waals surface area (Å²) in [5, 5.41) is 17.2. The quantitative estimate of drug-likeness (QED) is 0.548. The van der Waals surface area contributed by atoms with Gasteiger partial charge >= 0.3 is 6.09 Å². The molecule has 0 bridgehead atoms. The number of aromatic nitrogens is 1. The normalized spacial score (nSPS) is 18.4. The lowest BCUT2D eigenvalue weighted by Crippen LogP contribution is -2.60. The van der Waals surface area contributed by atoms with Crippen LogP contribution in [0, 0.1) is 11.3 Å². The molecule has 5 rings (SSSR count). The van der Waals surface area contributed by atoms with Crippen LogP contribution in [0.5, 0.6) is 0 Å². The number of nitrogens with zero attached hydrogens (tertiary/aromatic N) is 3. The Morgan fingerprint density at radius 2 is 1.72 bits per heavy atom. The summed E-state index contributed by atoms with van der Waals surface area (Å²) in [6, 6.07) is 12.7. The van der Waals surface area contributed by atoms with Gasteiger partial charge in [-0.25, -0.2) is 4.79 Å². The Hall–Kier alpha value is -3.88. The second-order valence-corrected chi connectivity index (χ2v) is 10.7. The van der Waals surface area contributed by atoms with Crippen LogP contribution in [0.2, 0.25) is 0 Å². The lowest BCUT2D eigenvalue weighted by atomic mass is 9.84. The molecule has 1 aliphatic carbocycles. The van der Waals surface area contributed by atoms with Crippen LogP contribution in [-0.4, -0.2) is 63.6 Å². The average molecular weight is 491 g/mol. The number of rotatable bonds is 4. The van der Waals surface area contributed by atoms with E-state index in [4.69, 9.17) is 4.52 Å². The molecule has 3 aromatic rings. The van der Waals surface area contributed by atoms with E-state index in [2.05, 4.69) is 10.5 Å². The van der Waals surface area contributed by atoms with E-state index >= 15 is 0 Å². The second kappa shape index (κ2) is 8.96. The first-order chi connectivity index (χ1) is 17.1. The van der Waals surface area contributed by atoms with Crippen molar-refractivity contribution >= 4 is 34.7 Å². The largest absolute Gasteiger partial charge is 0.465 e. The molecule has 2 aliphatic rings. The van der Waals surface area contributed by atoms with Crippen molar-refractivity contribution < 1.29 is 24.0 Å². The van der Waals surface area contributed by atoms with Crippen molar-refractivity contribution in [3.63, 3.8) is 0 Å². The fourth-order valence-corrected chi connectivity index (χ4v) is 4.70. The summed E-state index contributed by atoms with van der Waals surface area (Å²) < 4.78 is 5.45. The Balaban J connectivity index is 1.30. The molecule has 1 unspecified atom stereocenters. The van der Waals surface area contributed by atoms with E-state index in [1.807, 2.05) is 51.1 Å². The van der Waals surface area contributed by atoms with Crippen LogP contribution in [0.4, 0.5) is 10.6 Å². The number of carbonyl (C=O) groups is 3. The van der Waals surface area contributed by atoms with Gasteiger partial charge in [-0.15, -0.1) is 0 Å². The van der Waals surface area contributed by atoms with E-state index in [1.165, 1.54) is 4.90 Å². The predicted molar refractivity (Wildman–Crippen MR) is 135 cm³/mol. The molecule has 1 atom stereocenters. The number of anilines is 1. The standard InChI is InChI=1S/C27H30N4O5/c1-27(2,3)22-15-30(12-13-31(22)26(34)35)25(33)18-8-4-16(5-9-18)19-10-11-20-21(14-19)36-29-23(20)28-24(32)17-6-7-17/h4-5,8-11,14,17,22H,6-7,12-13,15H2,1-3H3,(H,34,35)(H,28,29,32). The number of carboxylic acid groups (broad SMARTS) is 1. The molecule has 2 N–H and O–H groups in total. The summed E-state index contributed by atoms with van der Waals surface area (Å²) in [4.78, 5) is 40.1. The molecule has 1 saturated heterocycles. The van der Waals surface area contributed by atoms with Crippen molar-refractivity contribution in [2.24, 2.45) is 11.3 Å². The summed E-state index contributed by atoms with van der Waals surface area (Å²) >= 11 is 0. The van der Waals surface area contributed by atoms with Crippen molar-refractivity contribution in [2.75, 3.05) is 25.0 Å². The van der Waals surface area contributed by atoms with Crippen molar-refractivity contribution in [3.8, 4) is 11.1 Å². The Bertz CT molecular complexity index is 1320. The number of fused-ring (bicyclic) bond motifs is 1. The van der Waals surface area contributed by atoms with Crippen LogP contribution in [-0.2, 0) is 4.79 Å². The number of piperazine rings is 1. The molecule has 188 valence electrons. The minimum Gasteiger partial charge on any atom is -0.465 e. The van der Waals surface area contributed by atoms with Crippen molar-refractivity contribution in [2.45, 2.75) is 39.7 Å². The maximum atomic E-state index is 13.2. The zero-order valence-corrected chi connectivity index (χ0v) is 20.7. The van der Waals surface area contributed by atoms with Gasteiger partial charge in [0.2, 0.25) is 5.91 Å². The number of hydrogen-bond acceptors (Lipinski definition) is 5. The molecule has 9 heteroatoms. The molecule has 2 fully saturated rings. The van der Waals surface area contributed by atoms with Crippen LogP contribution in [0.15, 0.2) is 47.0 Å². The highest BCUT2D eigenvalue weighted by atomic mass is 16.5. The molecular formula is C27H30N4O5. The first-order valence-electron chi connectivity index (χ1n) is 12.2. The molecule has 1 aliphatic heterocycles. The maximum absolute atomic E-state index is 13.2. The first kappa shape index (κ1) is 23.8. The lowest BCUT2D eigenvalue weighted by Gasteiger charge is -2.45. The Kier molecular flexibility index (Phi) is 5.94. The van der Waals surface area contributed by atoms with Gasteiger partial charge < -0.3 is 24.7 Å². The van der Waals surface area contributed by atoms with E-state index in [9.17, 15) is 19.5 Å². The average Bonchev–Trinajstić information content (AvgIpc) is 3.64. The van der Waals surface area contributed by atoms with Gasteiger partial charge in [-0.3, -0.25) is 9.59 Å². The minimum atomic E-state index is -0.951. The van der Waals surface area contributed by atoms with Gasteiger partial charge in [0.15, 0.2) is 11.4 Å². The SMILES string of the molecule is CC(C)(C)C1CN(C(=O)c2ccc(-c3ccc4c(NC(=O)C5CC5)noc4c3)cc2)CCN1C(=O)O. The Morgan fingerprint density at radius 1 is 1.03 bits per heavy atom. The van der Waals surface area contributed by atoms with Gasteiger partial charge in [0, 0.05) is 31.1 Å². The van der Waals surface area contributed by atoms with Crippen LogP contribution >= 0.6 is 0 Å². The number of carbonyl (C=O) groups excluding carboxylic acids is 2. The predicted octanol–water partition coefficient (Wildman–Crippen LogP) is 4.69. The monoisotopic (exact) mass is 490 g/mol. The molecule has 3 amide bonds. The van der Waals surface area contributed by atoms with Gasteiger partial charge in [0.1, 0.15) is 0 Å². The van der Waals surface area contributed by atoms with Crippen molar-refractivity contribution in [1.82, 2.24) is 15.0 Å². The third-order valence-corrected chi connectivity index (χ3v) is 7.04. The van der Waals surface area contributed by atoms with E-state index in [-0.39, 0.29) is 29.2 Å². The van der Waals surface area contributed by atoms with Crippen LogP contribution in [0.25, 0.3) is 22.1 Å². The van der Waals surface area contributed by atoms with E-state index in [0.29, 0.717) is 36.6 Å². The number of hydrogen-bond donors (Lipinski definition) is 2. The van der Waals surface area contributed by atoms with Crippen molar-refractivity contribution in [3.05, 3.63) is 48.0 Å². The molecular weight excluding hydrogens is 460 g/mol. The highest BCUT2D eigenvalue weighted by Crippen LogP contribution is 2.33. The van der Waals surface area contributed by atoms with Gasteiger partial charge in [-0.1, -0.05) is 44.1 Å². The van der Waals surface area contributed by atoms with E-state index < -0.39 is 6.09 Å². The molecule has 0 spiro atoms. The summed E-state index contributed by atoms with van der Waals surface area (Å²) in [5.41, 5.74) is 2.66. The molecule has 36 heavy (non-hydrogen) atoms. The molecule has 0 radical (unpaired) electrons. The fraction of sp³-hybridized carbons (Fsp3) is 0.407. The summed E-state index contributed by atoms with van der Waals surface area (Å²) in [5.74, 6) is 0.388. The Labute approximate surface area is 209 Å². The number of nitrogens with one attached hydrogen (secondary N) is 1. The summed E-state index contributed by atoms with van der Waals surface area (Å²) in [6.07, 6.45) is 0.882. The number of amides is 3. The third kappa shape index (κ3) is 4.65. The zero-order valence-electron chi connectivity index (χ0n) is 20.7. The van der Waals surface area contributed by atoms with Crippen LogP contribution in [0.1, 0.15) is 44.0 Å². The van der Waals surface area contributed by atoms with E-state index in [0.717, 1.165) is 29.4 Å². The van der Waals surface area contributed by atoms with Crippen LogP contribution < -0.4 is 5.32 Å². The maximum Gasteiger partial charge on any atom is 0.407 e. The van der Waals surface area contributed by atoms with Gasteiger partial charge in [-0.05, 0) is 53.6 Å². The summed E-state index contributed by atoms with van der Waals surface area (Å²) in [6.45, 7) is 6.99. The van der Waals surface area contributed by atoms with Crippen molar-refractivity contribution in [1.29, 1.82) is 0 Å². The highest BCUT2D eigenvalue weighted by Gasteiger charge is 2.39. The molecule has 2 aromatic carbocycles. The van der Waals surface area contributed by atoms with Gasteiger partial charge in [-0.2, -0.15) is 0 Å². The molecule has 1 aromatic heterocycles. The molecule has 2 heterocycles. The minimum absolute atomic E-state index is 0.0206. The first-order valence-corrected chi connectivity index (χ1v) is 12.2. The Morgan fingerprint density at radius 3 is 2.36 bits per heavy atom. The van der Waals surface area contributed by atoms with Gasteiger partial charge in [0.05, 0.1) is 11.4 Å². The number of benzene rings is 2. The fourth-order valence-electron chi connectivity index (χ4n) is 4.70. The second-order valence-electron chi connectivity index (χ2n) is 10.7. The lowest BCUT2D eigenvalue weighted by molar-refractivity contribution is -0.117. The molecule has 1 saturated carbocycles. The van der Waals surface area contributed by atoms with Gasteiger partial charge in [0.25, 0.3) is 5.91 Å². The highest BCUT2D eigenvalue weighted by molar-refractivity contribution is 6.01. The third-order valence-electron chi connectivity index (χ3n) is 7.04. The summed E-state index contributed by atoms with van der Waals surface area (Å²) in [7, 11) is 0. The zero-order chi connectivity index (χ0) is 25.6. The molecule has 9 nitrogen and oxygen atoms in total. The smallest absolute Gasteiger partial charge is 0.407 e. The topological polar surface area (TPSA) is 116 Å². The van der Waals surface area contributed by atoms with Crippen LogP contribution in [0.3, 0.4) is 0 Å².